The molecule has 2 aromatic heterocycles. The first-order chi connectivity index (χ1) is 13.5. The van der Waals surface area contributed by atoms with E-state index in [4.69, 9.17) is 0 Å². The molecule has 3 nitrogen and oxygen atoms in total. The molecular weight excluding hydrogens is 378 g/mol. The van der Waals surface area contributed by atoms with Crippen LogP contribution in [-0.2, 0) is 19.3 Å². The van der Waals surface area contributed by atoms with Crippen LogP contribution in [0.15, 0.2) is 30.6 Å². The van der Waals surface area contributed by atoms with Crippen LogP contribution in [0.25, 0.3) is 11.1 Å². The number of fused-ring (bicyclic) bond motifs is 1. The number of aryl methyl sites for hydroxylation is 3. The number of nitrogens with zero attached hydrogens (tertiary/aromatic N) is 1. The molecule has 4 rings (SSSR count). The van der Waals surface area contributed by atoms with Crippen molar-refractivity contribution in [2.24, 2.45) is 0 Å². The lowest BCUT2D eigenvalue weighted by Crippen LogP contribution is -2.17. The Hall–Kier alpha value is -2.60. The van der Waals surface area contributed by atoms with Crippen LogP contribution < -0.4 is 5.32 Å². The fourth-order valence-electron chi connectivity index (χ4n) is 3.90. The number of hydrogen-bond acceptors (Lipinski definition) is 3. The van der Waals surface area contributed by atoms with Gasteiger partial charge in [-0.15, -0.1) is 11.3 Å². The molecule has 0 unspecified atom stereocenters. The van der Waals surface area contributed by atoms with Gasteiger partial charge >= 0.3 is 0 Å². The van der Waals surface area contributed by atoms with Crippen LogP contribution in [0.1, 0.15) is 44.6 Å². The number of rotatable bonds is 4. The first-order valence-electron chi connectivity index (χ1n) is 9.34. The highest BCUT2D eigenvalue weighted by molar-refractivity contribution is 7.12. The molecule has 144 valence electrons. The Morgan fingerprint density at radius 2 is 1.96 bits per heavy atom. The number of thiophene rings is 1. The molecule has 1 amide bonds. The number of anilines is 1. The summed E-state index contributed by atoms with van der Waals surface area (Å²) in [6.07, 6.45) is 5.82. The van der Waals surface area contributed by atoms with E-state index in [9.17, 15) is 13.6 Å². The topological polar surface area (TPSA) is 42.0 Å². The van der Waals surface area contributed by atoms with Gasteiger partial charge in [-0.3, -0.25) is 9.78 Å². The Bertz CT molecular complexity index is 1050. The molecule has 0 atom stereocenters. The molecule has 3 aromatic rings. The van der Waals surface area contributed by atoms with Gasteiger partial charge in [-0.2, -0.15) is 0 Å². The van der Waals surface area contributed by atoms with Crippen LogP contribution in [0.4, 0.5) is 14.5 Å². The van der Waals surface area contributed by atoms with Crippen LogP contribution >= 0.6 is 11.3 Å². The molecule has 0 bridgehead atoms. The predicted molar refractivity (Wildman–Crippen MR) is 108 cm³/mol. The van der Waals surface area contributed by atoms with Gasteiger partial charge in [0.1, 0.15) is 5.56 Å². The second-order valence-electron chi connectivity index (χ2n) is 6.95. The minimum absolute atomic E-state index is 0.566. The Morgan fingerprint density at radius 1 is 1.21 bits per heavy atom. The van der Waals surface area contributed by atoms with E-state index in [0.29, 0.717) is 12.1 Å². The average molecular weight is 398 g/mol. The summed E-state index contributed by atoms with van der Waals surface area (Å²) in [4.78, 5) is 18.6. The standard InChI is InChI=1S/C22H20F2N2OS/c1-3-13-9-14(20-12(2)28-19-6-4-5-15(19)20)7-8-18(13)26-22(27)21-16(23)10-25-11-17(21)24/h7-11H,3-6H2,1-2H3,(H,26,27). The number of aromatic nitrogens is 1. The minimum Gasteiger partial charge on any atom is -0.322 e. The van der Waals surface area contributed by atoms with E-state index in [2.05, 4.69) is 23.3 Å². The molecule has 0 saturated heterocycles. The largest absolute Gasteiger partial charge is 0.322 e. The molecule has 6 heteroatoms. The highest BCUT2D eigenvalue weighted by atomic mass is 32.1. The van der Waals surface area contributed by atoms with Gasteiger partial charge < -0.3 is 5.32 Å². The van der Waals surface area contributed by atoms with Gasteiger partial charge in [0.25, 0.3) is 5.91 Å². The fourth-order valence-corrected chi connectivity index (χ4v) is 5.18. The molecule has 0 saturated carbocycles. The van der Waals surface area contributed by atoms with Gasteiger partial charge in [-0.05, 0) is 67.0 Å². The number of halogens is 2. The summed E-state index contributed by atoms with van der Waals surface area (Å²) >= 11 is 1.87. The SMILES string of the molecule is CCc1cc(-c2c(C)sc3c2CCC3)ccc1NC(=O)c1c(F)cncc1F. The predicted octanol–water partition coefficient (Wildman–Crippen LogP) is 5.70. The molecule has 28 heavy (non-hydrogen) atoms. The van der Waals surface area contributed by atoms with Crippen LogP contribution in [-0.4, -0.2) is 10.9 Å². The molecule has 0 aliphatic heterocycles. The normalized spacial score (nSPS) is 12.9. The van der Waals surface area contributed by atoms with Crippen molar-refractivity contribution in [1.29, 1.82) is 0 Å². The first kappa shape index (κ1) is 18.7. The summed E-state index contributed by atoms with van der Waals surface area (Å²) < 4.78 is 27.7. The third kappa shape index (κ3) is 3.22. The van der Waals surface area contributed by atoms with Crippen molar-refractivity contribution >= 4 is 22.9 Å². The van der Waals surface area contributed by atoms with Gasteiger partial charge in [0.2, 0.25) is 0 Å². The third-order valence-corrected chi connectivity index (χ3v) is 6.41. The number of carbonyl (C=O) groups excluding carboxylic acids is 1. The zero-order valence-electron chi connectivity index (χ0n) is 15.7. The van der Waals surface area contributed by atoms with Gasteiger partial charge in [-0.1, -0.05) is 13.0 Å². The van der Waals surface area contributed by atoms with Crippen molar-refractivity contribution in [3.8, 4) is 11.1 Å². The summed E-state index contributed by atoms with van der Waals surface area (Å²) in [5.74, 6) is -2.76. The van der Waals surface area contributed by atoms with Crippen molar-refractivity contribution in [1.82, 2.24) is 4.98 Å². The Labute approximate surface area is 166 Å². The number of hydrogen-bond donors (Lipinski definition) is 1. The summed E-state index contributed by atoms with van der Waals surface area (Å²) in [6.45, 7) is 4.14. The highest BCUT2D eigenvalue weighted by Gasteiger charge is 2.22. The monoisotopic (exact) mass is 398 g/mol. The lowest BCUT2D eigenvalue weighted by molar-refractivity contribution is 0.101. The molecule has 0 radical (unpaired) electrons. The van der Waals surface area contributed by atoms with Crippen LogP contribution in [0.5, 0.6) is 0 Å². The molecule has 1 N–H and O–H groups in total. The number of carbonyl (C=O) groups is 1. The van der Waals surface area contributed by atoms with E-state index >= 15 is 0 Å². The minimum atomic E-state index is -0.975. The van der Waals surface area contributed by atoms with Gasteiger partial charge in [0.05, 0.1) is 12.4 Å². The van der Waals surface area contributed by atoms with Crippen molar-refractivity contribution < 1.29 is 13.6 Å². The average Bonchev–Trinajstić information content (AvgIpc) is 3.22. The molecule has 0 fully saturated rings. The maximum Gasteiger partial charge on any atom is 0.261 e. The lowest BCUT2D eigenvalue weighted by Gasteiger charge is -2.13. The lowest BCUT2D eigenvalue weighted by atomic mass is 9.97. The molecule has 1 aliphatic rings. The Kier molecular flexibility index (Phi) is 4.98. The molecule has 0 spiro atoms. The zero-order chi connectivity index (χ0) is 19.8. The molecule has 2 heterocycles. The van der Waals surface area contributed by atoms with Crippen LogP contribution in [0.3, 0.4) is 0 Å². The van der Waals surface area contributed by atoms with Crippen molar-refractivity contribution in [2.75, 3.05) is 5.32 Å². The van der Waals surface area contributed by atoms with Crippen molar-refractivity contribution in [3.63, 3.8) is 0 Å². The van der Waals surface area contributed by atoms with Gasteiger partial charge in [-0.25, -0.2) is 8.78 Å². The van der Waals surface area contributed by atoms with Crippen molar-refractivity contribution in [3.05, 3.63) is 68.7 Å². The Morgan fingerprint density at radius 3 is 2.68 bits per heavy atom. The smallest absolute Gasteiger partial charge is 0.261 e. The van der Waals surface area contributed by atoms with E-state index in [-0.39, 0.29) is 0 Å². The van der Waals surface area contributed by atoms with Gasteiger partial charge in [0.15, 0.2) is 11.6 Å². The second kappa shape index (κ2) is 7.43. The van der Waals surface area contributed by atoms with Crippen LogP contribution in [0.2, 0.25) is 0 Å². The van der Waals surface area contributed by atoms with E-state index in [1.165, 1.54) is 27.3 Å². The van der Waals surface area contributed by atoms with E-state index in [0.717, 1.165) is 36.4 Å². The maximum atomic E-state index is 13.8. The first-order valence-corrected chi connectivity index (χ1v) is 10.2. The number of pyridine rings is 1. The summed E-state index contributed by atoms with van der Waals surface area (Å²) in [5.41, 5.74) is 4.76. The quantitative estimate of drug-likeness (QED) is 0.612. The summed E-state index contributed by atoms with van der Waals surface area (Å²) in [6, 6.07) is 5.87. The van der Waals surface area contributed by atoms with Gasteiger partial charge in [0, 0.05) is 15.4 Å². The maximum absolute atomic E-state index is 13.8. The van der Waals surface area contributed by atoms with E-state index in [1.807, 2.05) is 30.4 Å². The molecule has 1 aromatic carbocycles. The number of amides is 1. The number of nitrogens with one attached hydrogen (secondary N) is 1. The second-order valence-corrected chi connectivity index (χ2v) is 8.26. The molecular formula is C22H20F2N2OS. The summed E-state index contributed by atoms with van der Waals surface area (Å²) in [5, 5.41) is 2.65. The Balaban J connectivity index is 1.68. The van der Waals surface area contributed by atoms with Crippen LogP contribution in [0, 0.1) is 18.6 Å². The summed E-state index contributed by atoms with van der Waals surface area (Å²) in [7, 11) is 0. The zero-order valence-corrected chi connectivity index (χ0v) is 16.6. The van der Waals surface area contributed by atoms with E-state index < -0.39 is 23.1 Å². The third-order valence-electron chi connectivity index (χ3n) is 5.20. The van der Waals surface area contributed by atoms with E-state index in [1.54, 1.807) is 0 Å². The molecule has 1 aliphatic carbocycles. The van der Waals surface area contributed by atoms with Crippen molar-refractivity contribution in [2.45, 2.75) is 39.5 Å². The highest BCUT2D eigenvalue weighted by Crippen LogP contribution is 2.42. The fraction of sp³-hybridized carbons (Fsp3) is 0.273. The number of benzene rings is 1.